The lowest BCUT2D eigenvalue weighted by atomic mass is 9.93. The van der Waals surface area contributed by atoms with Crippen LogP contribution in [0.15, 0.2) is 22.6 Å². The molecule has 2 amide bonds. The lowest BCUT2D eigenvalue weighted by Crippen LogP contribution is -2.46. The molecule has 1 aliphatic carbocycles. The van der Waals surface area contributed by atoms with Crippen molar-refractivity contribution in [3.8, 4) is 0 Å². The van der Waals surface area contributed by atoms with Crippen molar-refractivity contribution in [3.63, 3.8) is 0 Å². The Morgan fingerprint density at radius 2 is 1.96 bits per heavy atom. The number of rotatable bonds is 4. The molecule has 6 heteroatoms. The fourth-order valence-corrected chi connectivity index (χ4v) is 3.69. The number of hydrogen-bond acceptors (Lipinski definition) is 3. The molecule has 3 N–H and O–H groups in total. The second-order valence-corrected chi connectivity index (χ2v) is 7.55. The molecule has 1 aromatic carbocycles. The first-order valence-corrected chi connectivity index (χ1v) is 9.29. The van der Waals surface area contributed by atoms with Crippen LogP contribution in [0.4, 0.5) is 9.18 Å². The van der Waals surface area contributed by atoms with E-state index in [2.05, 4.69) is 10.6 Å². The van der Waals surface area contributed by atoms with Crippen molar-refractivity contribution in [2.45, 2.75) is 64.6 Å². The van der Waals surface area contributed by atoms with Crippen LogP contribution in [0, 0.1) is 18.7 Å². The van der Waals surface area contributed by atoms with E-state index in [1.807, 2.05) is 20.8 Å². The first-order chi connectivity index (χ1) is 12.4. The van der Waals surface area contributed by atoms with E-state index in [9.17, 15) is 14.3 Å². The van der Waals surface area contributed by atoms with Gasteiger partial charge in [-0.05, 0) is 50.7 Å². The highest BCUT2D eigenvalue weighted by atomic mass is 19.1. The van der Waals surface area contributed by atoms with Crippen LogP contribution in [0.5, 0.6) is 0 Å². The molecule has 0 spiro atoms. The van der Waals surface area contributed by atoms with Crippen LogP contribution in [0.2, 0.25) is 0 Å². The van der Waals surface area contributed by atoms with Crippen molar-refractivity contribution in [2.75, 3.05) is 0 Å². The summed E-state index contributed by atoms with van der Waals surface area (Å²) in [6.45, 7) is 5.80. The summed E-state index contributed by atoms with van der Waals surface area (Å²) in [4.78, 5) is 12.5. The number of amides is 2. The quantitative estimate of drug-likeness (QED) is 0.764. The average molecular weight is 362 g/mol. The maximum atomic E-state index is 14.1. The Hall–Kier alpha value is -2.08. The van der Waals surface area contributed by atoms with Crippen molar-refractivity contribution >= 4 is 17.0 Å². The zero-order valence-corrected chi connectivity index (χ0v) is 15.5. The Balaban J connectivity index is 1.76. The van der Waals surface area contributed by atoms with Gasteiger partial charge in [-0.3, -0.25) is 0 Å². The maximum Gasteiger partial charge on any atom is 0.315 e. The van der Waals surface area contributed by atoms with Crippen molar-refractivity contribution < 1.29 is 18.7 Å². The number of nitrogens with one attached hydrogen (secondary N) is 2. The summed E-state index contributed by atoms with van der Waals surface area (Å²) >= 11 is 0. The predicted molar refractivity (Wildman–Crippen MR) is 98.4 cm³/mol. The molecule has 1 aliphatic rings. The lowest BCUT2D eigenvalue weighted by Gasteiger charge is -2.28. The molecule has 1 atom stereocenters. The zero-order chi connectivity index (χ0) is 18.8. The summed E-state index contributed by atoms with van der Waals surface area (Å²) in [5.74, 6) is 0.355. The van der Waals surface area contributed by atoms with Gasteiger partial charge in [-0.25, -0.2) is 9.18 Å². The van der Waals surface area contributed by atoms with Gasteiger partial charge in [0.1, 0.15) is 17.2 Å². The molecule has 1 aromatic heterocycles. The molecule has 142 valence electrons. The Kier molecular flexibility index (Phi) is 5.51. The third-order valence-corrected chi connectivity index (χ3v) is 5.21. The summed E-state index contributed by atoms with van der Waals surface area (Å²) in [5.41, 5.74) is 1.21. The minimum Gasteiger partial charge on any atom is -0.458 e. The number of carbonyl (C=O) groups is 1. The molecule has 0 saturated heterocycles. The van der Waals surface area contributed by atoms with Gasteiger partial charge >= 0.3 is 6.03 Å². The monoisotopic (exact) mass is 362 g/mol. The number of furan rings is 1. The van der Waals surface area contributed by atoms with Crippen molar-refractivity contribution in [1.29, 1.82) is 0 Å². The van der Waals surface area contributed by atoms with Crippen LogP contribution >= 0.6 is 0 Å². The minimum absolute atomic E-state index is 0.0698. The fraction of sp³-hybridized carbons (Fsp3) is 0.550. The van der Waals surface area contributed by atoms with E-state index in [1.54, 1.807) is 12.1 Å². The molecule has 1 fully saturated rings. The second kappa shape index (κ2) is 7.66. The van der Waals surface area contributed by atoms with Crippen LogP contribution in [0.3, 0.4) is 0 Å². The SMILES string of the molecule is Cc1c(C(NC(=O)NC2CCC(O)CC2)C(C)C)oc2cccc(F)c12. The van der Waals surface area contributed by atoms with E-state index in [1.165, 1.54) is 6.07 Å². The molecular weight excluding hydrogens is 335 g/mol. The Labute approximate surface area is 153 Å². The molecule has 1 heterocycles. The van der Waals surface area contributed by atoms with E-state index in [-0.39, 0.29) is 36.0 Å². The van der Waals surface area contributed by atoms with E-state index < -0.39 is 0 Å². The third-order valence-electron chi connectivity index (χ3n) is 5.21. The van der Waals surface area contributed by atoms with Crippen LogP contribution in [-0.2, 0) is 0 Å². The van der Waals surface area contributed by atoms with Crippen LogP contribution < -0.4 is 10.6 Å². The summed E-state index contributed by atoms with van der Waals surface area (Å²) in [6, 6.07) is 4.23. The molecule has 0 radical (unpaired) electrons. The van der Waals surface area contributed by atoms with Crippen molar-refractivity contribution in [2.24, 2.45) is 5.92 Å². The standard InChI is InChI=1S/C20H27FN2O3/c1-11(2)18(23-20(25)22-13-7-9-14(24)10-8-13)19-12(3)17-15(21)5-4-6-16(17)26-19/h4-6,11,13-14,18,24H,7-10H2,1-3H3,(H2,22,23,25). The van der Waals surface area contributed by atoms with E-state index >= 15 is 0 Å². The van der Waals surface area contributed by atoms with Gasteiger partial charge in [0, 0.05) is 11.6 Å². The number of hydrogen-bond donors (Lipinski definition) is 3. The topological polar surface area (TPSA) is 74.5 Å². The van der Waals surface area contributed by atoms with Gasteiger partial charge in [0.15, 0.2) is 0 Å². The number of benzene rings is 1. The molecule has 1 unspecified atom stereocenters. The highest BCUT2D eigenvalue weighted by Gasteiger charge is 2.27. The summed E-state index contributed by atoms with van der Waals surface area (Å²) in [6.07, 6.45) is 2.71. The van der Waals surface area contributed by atoms with E-state index in [4.69, 9.17) is 4.42 Å². The van der Waals surface area contributed by atoms with Gasteiger partial charge in [-0.15, -0.1) is 0 Å². The van der Waals surface area contributed by atoms with Crippen molar-refractivity contribution in [1.82, 2.24) is 10.6 Å². The molecule has 0 bridgehead atoms. The van der Waals surface area contributed by atoms with Gasteiger partial charge in [0.25, 0.3) is 0 Å². The minimum atomic E-state index is -0.351. The largest absolute Gasteiger partial charge is 0.458 e. The zero-order valence-electron chi connectivity index (χ0n) is 15.5. The predicted octanol–water partition coefficient (Wildman–Crippen LogP) is 4.18. The van der Waals surface area contributed by atoms with Crippen LogP contribution in [-0.4, -0.2) is 23.3 Å². The first kappa shape index (κ1) is 18.7. The molecule has 2 aromatic rings. The lowest BCUT2D eigenvalue weighted by molar-refractivity contribution is 0.117. The Morgan fingerprint density at radius 3 is 2.58 bits per heavy atom. The Bertz CT molecular complexity index is 779. The fourth-order valence-electron chi connectivity index (χ4n) is 3.69. The molecule has 3 rings (SSSR count). The normalized spacial score (nSPS) is 21.8. The van der Waals surface area contributed by atoms with Crippen molar-refractivity contribution in [3.05, 3.63) is 35.3 Å². The number of fused-ring (bicyclic) bond motifs is 1. The van der Waals surface area contributed by atoms with Gasteiger partial charge in [-0.1, -0.05) is 19.9 Å². The summed E-state index contributed by atoms with van der Waals surface area (Å²) in [5, 5.41) is 16.0. The Morgan fingerprint density at radius 1 is 1.27 bits per heavy atom. The molecular formula is C20H27FN2O3. The van der Waals surface area contributed by atoms with Crippen LogP contribution in [0.25, 0.3) is 11.0 Å². The van der Waals surface area contributed by atoms with Gasteiger partial charge < -0.3 is 20.2 Å². The average Bonchev–Trinajstić information content (AvgIpc) is 2.92. The second-order valence-electron chi connectivity index (χ2n) is 7.55. The highest BCUT2D eigenvalue weighted by Crippen LogP contribution is 2.34. The van der Waals surface area contributed by atoms with Gasteiger partial charge in [0.2, 0.25) is 0 Å². The number of urea groups is 1. The smallest absolute Gasteiger partial charge is 0.315 e. The number of aliphatic hydroxyl groups excluding tert-OH is 1. The molecule has 0 aliphatic heterocycles. The summed E-state index contributed by atoms with van der Waals surface area (Å²) < 4.78 is 20.0. The molecule has 1 saturated carbocycles. The summed E-state index contributed by atoms with van der Waals surface area (Å²) in [7, 11) is 0. The number of carbonyl (C=O) groups excluding carboxylic acids is 1. The molecule has 5 nitrogen and oxygen atoms in total. The first-order valence-electron chi connectivity index (χ1n) is 9.29. The molecule has 26 heavy (non-hydrogen) atoms. The van der Waals surface area contributed by atoms with E-state index in [0.717, 1.165) is 18.4 Å². The highest BCUT2D eigenvalue weighted by molar-refractivity contribution is 5.83. The van der Waals surface area contributed by atoms with Gasteiger partial charge in [0.05, 0.1) is 17.5 Å². The number of halogens is 1. The van der Waals surface area contributed by atoms with E-state index in [0.29, 0.717) is 29.6 Å². The maximum absolute atomic E-state index is 14.1. The number of aryl methyl sites for hydroxylation is 1. The van der Waals surface area contributed by atoms with Crippen LogP contribution in [0.1, 0.15) is 56.9 Å². The van der Waals surface area contributed by atoms with Gasteiger partial charge in [-0.2, -0.15) is 0 Å². The number of aliphatic hydroxyl groups is 1. The third kappa shape index (κ3) is 3.85.